The fraction of sp³-hybridized carbons (Fsp3) is 0.357. The summed E-state index contributed by atoms with van der Waals surface area (Å²) in [4.78, 5) is 18.8. The van der Waals surface area contributed by atoms with Crippen molar-refractivity contribution >= 4 is 55.7 Å². The number of halogens is 1. The van der Waals surface area contributed by atoms with Crippen LogP contribution in [-0.4, -0.2) is 23.2 Å². The zero-order valence-electron chi connectivity index (χ0n) is 20.3. The maximum atomic E-state index is 12.6. The van der Waals surface area contributed by atoms with Gasteiger partial charge >= 0.3 is 0 Å². The summed E-state index contributed by atoms with van der Waals surface area (Å²) < 4.78 is 0. The molecule has 184 valence electrons. The van der Waals surface area contributed by atoms with Crippen molar-refractivity contribution in [2.24, 2.45) is 0 Å². The number of nitrogens with one attached hydrogen (secondary N) is 2. The molecule has 0 aliphatic heterocycles. The van der Waals surface area contributed by atoms with Crippen LogP contribution in [0.15, 0.2) is 59.1 Å². The Morgan fingerprint density at radius 3 is 2.71 bits per heavy atom. The topological polar surface area (TPSA) is 54.0 Å². The molecule has 0 saturated heterocycles. The molecule has 0 spiro atoms. The SMILES string of the molecule is CCSSC(CCNc1c2c(nc3cc(Cl)ccc13)CCCC2)=C(C)NC(=O)Cc1ccccc1. The predicted octanol–water partition coefficient (Wildman–Crippen LogP) is 7.56. The van der Waals surface area contributed by atoms with E-state index in [0.29, 0.717) is 11.4 Å². The average molecular weight is 526 g/mol. The number of amides is 1. The van der Waals surface area contributed by atoms with Crippen LogP contribution in [-0.2, 0) is 24.1 Å². The number of carbonyl (C=O) groups is 1. The first-order valence-electron chi connectivity index (χ1n) is 12.2. The van der Waals surface area contributed by atoms with E-state index in [1.54, 1.807) is 21.6 Å². The van der Waals surface area contributed by atoms with Crippen molar-refractivity contribution in [2.75, 3.05) is 17.6 Å². The summed E-state index contributed by atoms with van der Waals surface area (Å²) >= 11 is 6.27. The maximum Gasteiger partial charge on any atom is 0.228 e. The fourth-order valence-electron chi connectivity index (χ4n) is 4.43. The number of fused-ring (bicyclic) bond motifs is 2. The molecule has 0 saturated carbocycles. The molecular weight excluding hydrogens is 494 g/mol. The highest BCUT2D eigenvalue weighted by molar-refractivity contribution is 8.78. The predicted molar refractivity (Wildman–Crippen MR) is 153 cm³/mol. The molecule has 0 bridgehead atoms. The van der Waals surface area contributed by atoms with Gasteiger partial charge in [-0.3, -0.25) is 9.78 Å². The number of rotatable bonds is 10. The number of carbonyl (C=O) groups excluding carboxylic acids is 1. The second-order valence-corrected chi connectivity index (χ2v) is 11.8. The van der Waals surface area contributed by atoms with Gasteiger partial charge in [0.15, 0.2) is 0 Å². The highest BCUT2D eigenvalue weighted by Gasteiger charge is 2.18. The van der Waals surface area contributed by atoms with Crippen molar-refractivity contribution in [1.29, 1.82) is 0 Å². The van der Waals surface area contributed by atoms with E-state index in [-0.39, 0.29) is 5.91 Å². The number of aryl methyl sites for hydroxylation is 1. The van der Waals surface area contributed by atoms with Crippen LogP contribution in [0.25, 0.3) is 10.9 Å². The summed E-state index contributed by atoms with van der Waals surface area (Å²) in [5.74, 6) is 1.03. The number of pyridine rings is 1. The van der Waals surface area contributed by atoms with Gasteiger partial charge in [-0.1, -0.05) is 70.4 Å². The van der Waals surface area contributed by atoms with Crippen LogP contribution in [0, 0.1) is 0 Å². The number of aromatic nitrogens is 1. The van der Waals surface area contributed by atoms with Gasteiger partial charge in [0, 0.05) is 44.7 Å². The van der Waals surface area contributed by atoms with Crippen LogP contribution in [0.2, 0.25) is 5.02 Å². The van der Waals surface area contributed by atoms with E-state index >= 15 is 0 Å². The quantitative estimate of drug-likeness (QED) is 0.267. The number of allylic oxidation sites excluding steroid dienone is 1. The van der Waals surface area contributed by atoms with E-state index in [1.807, 2.05) is 49.4 Å². The van der Waals surface area contributed by atoms with Gasteiger partial charge in [0.25, 0.3) is 0 Å². The molecule has 2 aromatic carbocycles. The maximum absolute atomic E-state index is 12.6. The van der Waals surface area contributed by atoms with Crippen LogP contribution < -0.4 is 10.6 Å². The van der Waals surface area contributed by atoms with Gasteiger partial charge in [-0.15, -0.1) is 0 Å². The van der Waals surface area contributed by atoms with Crippen LogP contribution in [0.4, 0.5) is 5.69 Å². The van der Waals surface area contributed by atoms with Crippen LogP contribution in [0.1, 0.15) is 49.9 Å². The fourth-order valence-corrected chi connectivity index (χ4v) is 6.62. The molecule has 7 heteroatoms. The third kappa shape index (κ3) is 6.96. The number of benzene rings is 2. The third-order valence-corrected chi connectivity index (χ3v) is 9.07. The summed E-state index contributed by atoms with van der Waals surface area (Å²) in [6.07, 6.45) is 5.68. The summed E-state index contributed by atoms with van der Waals surface area (Å²) in [5, 5.41) is 8.71. The first kappa shape index (κ1) is 25.9. The van der Waals surface area contributed by atoms with E-state index in [2.05, 4.69) is 23.6 Å². The average Bonchev–Trinajstić information content (AvgIpc) is 2.85. The van der Waals surface area contributed by atoms with Crippen molar-refractivity contribution < 1.29 is 4.79 Å². The Kier molecular flexibility index (Phi) is 9.41. The normalized spacial score (nSPS) is 13.8. The molecule has 1 aliphatic rings. The van der Waals surface area contributed by atoms with E-state index < -0.39 is 0 Å². The van der Waals surface area contributed by atoms with Crippen molar-refractivity contribution in [1.82, 2.24) is 10.3 Å². The molecule has 0 radical (unpaired) electrons. The van der Waals surface area contributed by atoms with Crippen LogP contribution in [0.5, 0.6) is 0 Å². The molecule has 0 unspecified atom stereocenters. The number of anilines is 1. The molecule has 2 N–H and O–H groups in total. The van der Waals surface area contributed by atoms with E-state index in [0.717, 1.165) is 53.7 Å². The Morgan fingerprint density at radius 2 is 1.91 bits per heavy atom. The monoisotopic (exact) mass is 525 g/mol. The standard InChI is InChI=1S/C28H32ClN3OS2/c1-3-34-35-26(19(2)31-27(33)17-20-9-5-4-6-10-20)15-16-30-28-22-11-7-8-12-24(22)32-25-18-21(29)13-14-23(25)28/h4-6,9-10,13-14,18H,3,7-8,11-12,15-17H2,1-2H3,(H,30,32)(H,31,33). The Balaban J connectivity index is 1.49. The van der Waals surface area contributed by atoms with Gasteiger partial charge in [-0.05, 0) is 68.4 Å². The minimum Gasteiger partial charge on any atom is -0.384 e. The molecule has 0 fully saturated rings. The molecule has 0 atom stereocenters. The smallest absolute Gasteiger partial charge is 0.228 e. The first-order chi connectivity index (χ1) is 17.0. The summed E-state index contributed by atoms with van der Waals surface area (Å²) in [7, 11) is 3.56. The van der Waals surface area contributed by atoms with Gasteiger partial charge in [-0.2, -0.15) is 0 Å². The van der Waals surface area contributed by atoms with Crippen LogP contribution >= 0.6 is 33.2 Å². The van der Waals surface area contributed by atoms with Crippen molar-refractivity contribution in [3.05, 3.63) is 81.0 Å². The lowest BCUT2D eigenvalue weighted by Crippen LogP contribution is -2.24. The molecule has 3 aromatic rings. The van der Waals surface area contributed by atoms with E-state index in [4.69, 9.17) is 16.6 Å². The summed E-state index contributed by atoms with van der Waals surface area (Å²) in [6.45, 7) is 4.94. The summed E-state index contributed by atoms with van der Waals surface area (Å²) in [6, 6.07) is 15.8. The summed E-state index contributed by atoms with van der Waals surface area (Å²) in [5.41, 5.74) is 6.65. The second kappa shape index (κ2) is 12.7. The zero-order chi connectivity index (χ0) is 24.6. The van der Waals surface area contributed by atoms with Crippen molar-refractivity contribution in [2.45, 2.75) is 52.4 Å². The lowest BCUT2D eigenvalue weighted by atomic mass is 9.92. The Labute approximate surface area is 221 Å². The number of hydrogen-bond acceptors (Lipinski definition) is 5. The highest BCUT2D eigenvalue weighted by Crippen LogP contribution is 2.36. The van der Waals surface area contributed by atoms with Gasteiger partial charge in [0.05, 0.1) is 11.9 Å². The molecule has 1 aromatic heterocycles. The first-order valence-corrected chi connectivity index (χ1v) is 14.9. The molecule has 4 rings (SSSR count). The van der Waals surface area contributed by atoms with Gasteiger partial charge < -0.3 is 10.6 Å². The molecule has 1 aliphatic carbocycles. The molecule has 4 nitrogen and oxygen atoms in total. The lowest BCUT2D eigenvalue weighted by Gasteiger charge is -2.22. The second-order valence-electron chi connectivity index (χ2n) is 8.71. The Bertz CT molecular complexity index is 1210. The highest BCUT2D eigenvalue weighted by atomic mass is 35.5. The molecule has 1 amide bonds. The number of nitrogens with zero attached hydrogens (tertiary/aromatic N) is 1. The van der Waals surface area contributed by atoms with Crippen LogP contribution in [0.3, 0.4) is 0 Å². The molecule has 35 heavy (non-hydrogen) atoms. The number of hydrogen-bond donors (Lipinski definition) is 2. The Morgan fingerprint density at radius 1 is 1.11 bits per heavy atom. The van der Waals surface area contributed by atoms with Gasteiger partial charge in [0.2, 0.25) is 5.91 Å². The van der Waals surface area contributed by atoms with E-state index in [9.17, 15) is 4.79 Å². The lowest BCUT2D eigenvalue weighted by molar-refractivity contribution is -0.119. The van der Waals surface area contributed by atoms with Gasteiger partial charge in [-0.25, -0.2) is 0 Å². The largest absolute Gasteiger partial charge is 0.384 e. The molecular formula is C28H32ClN3OS2. The van der Waals surface area contributed by atoms with E-state index in [1.165, 1.54) is 34.7 Å². The van der Waals surface area contributed by atoms with Crippen molar-refractivity contribution in [3.8, 4) is 0 Å². The zero-order valence-corrected chi connectivity index (χ0v) is 22.7. The van der Waals surface area contributed by atoms with Gasteiger partial charge in [0.1, 0.15) is 0 Å². The minimum atomic E-state index is 0.0207. The minimum absolute atomic E-state index is 0.0207. The Hall–Kier alpha value is -2.15. The molecule has 1 heterocycles. The third-order valence-electron chi connectivity index (χ3n) is 6.11. The van der Waals surface area contributed by atoms with Crippen molar-refractivity contribution in [3.63, 3.8) is 0 Å².